The molecule has 22 heteroatoms. The van der Waals surface area contributed by atoms with Crippen LogP contribution in [0.3, 0.4) is 0 Å². The van der Waals surface area contributed by atoms with E-state index in [0.29, 0.717) is 46.5 Å². The lowest BCUT2D eigenvalue weighted by Gasteiger charge is -2.20. The average Bonchev–Trinajstić information content (AvgIpc) is 3.31. The van der Waals surface area contributed by atoms with Crippen LogP contribution in [0.15, 0.2) is 165 Å². The third kappa shape index (κ3) is 15.9. The summed E-state index contributed by atoms with van der Waals surface area (Å²) in [5.74, 6) is -3.00. The van der Waals surface area contributed by atoms with Crippen LogP contribution in [0.25, 0.3) is 0 Å². The van der Waals surface area contributed by atoms with Crippen LogP contribution in [-0.2, 0) is 49.1 Å². The fourth-order valence-corrected chi connectivity index (χ4v) is 9.24. The molecule has 10 nitrogen and oxygen atoms in total. The summed E-state index contributed by atoms with van der Waals surface area (Å²) in [6, 6.07) is 19.9. The van der Waals surface area contributed by atoms with E-state index in [2.05, 4.69) is 34.4 Å². The number of allylic oxidation sites excluding steroid dienone is 6. The van der Waals surface area contributed by atoms with Gasteiger partial charge in [-0.15, -0.1) is 0 Å². The summed E-state index contributed by atoms with van der Waals surface area (Å²) in [5.41, 5.74) is 1.25. The van der Waals surface area contributed by atoms with Crippen molar-refractivity contribution < 1.29 is 55.4 Å². The number of carbonyl (C=O) groups excluding carboxylic acids is 3. The van der Waals surface area contributed by atoms with Gasteiger partial charge in [0, 0.05) is 58.2 Å². The van der Waals surface area contributed by atoms with Crippen molar-refractivity contribution in [3.63, 3.8) is 0 Å². The van der Waals surface area contributed by atoms with E-state index in [1.807, 2.05) is 0 Å². The number of carboxylic acid groups (broad SMARTS) is 1. The number of ether oxygens (including phenoxy) is 1. The van der Waals surface area contributed by atoms with Crippen molar-refractivity contribution in [3.05, 3.63) is 198 Å². The number of rotatable bonds is 14. The van der Waals surface area contributed by atoms with Gasteiger partial charge in [-0.1, -0.05) is 145 Å². The normalized spacial score (nSPS) is 14.6. The van der Waals surface area contributed by atoms with Crippen molar-refractivity contribution in [2.24, 2.45) is 0 Å². The van der Waals surface area contributed by atoms with Gasteiger partial charge in [-0.25, -0.2) is 9.59 Å². The van der Waals surface area contributed by atoms with E-state index in [9.17, 15) is 50.6 Å². The van der Waals surface area contributed by atoms with Gasteiger partial charge in [0.15, 0.2) is 0 Å². The van der Waals surface area contributed by atoms with Crippen molar-refractivity contribution in [2.45, 2.75) is 50.1 Å². The first-order valence-corrected chi connectivity index (χ1v) is 23.5. The Labute approximate surface area is 445 Å². The standard InChI is InChI=1S/C26H21Cl2F3N2O3S.C25H19Cl2F3N2O3S/c1-14-11-19(27)22(20(28)12-14)23(34)32-16-9-7-15(8-10-16)13-21(25(35)36-2)33-24(37)17-5-3-4-6-18(17)26(29,30)31;1-13-10-18(26)21(19(27)11-13)22(33)31-15-8-6-14(7-9-15)12-20(24(34)35)32-23(36)16-4-2-3-5-17(16)25(28,29)30/h3-11,21H,1,12-13H2,2H3,(H,32,34)(H,33,37);2-10,20H,1,11-12H2,(H,31,33)(H,32,36)(H,34,35). The minimum Gasteiger partial charge on any atom is -0.480 e. The number of amides is 2. The monoisotopic (exact) mass is 1120 g/mol. The van der Waals surface area contributed by atoms with Gasteiger partial charge in [0.2, 0.25) is 0 Å². The van der Waals surface area contributed by atoms with Crippen LogP contribution in [0, 0.1) is 0 Å². The van der Waals surface area contributed by atoms with Crippen molar-refractivity contribution in [1.82, 2.24) is 10.6 Å². The molecule has 382 valence electrons. The Morgan fingerprint density at radius 1 is 0.616 bits per heavy atom. The first-order valence-electron chi connectivity index (χ1n) is 21.2. The largest absolute Gasteiger partial charge is 0.480 e. The molecule has 0 saturated heterocycles. The van der Waals surface area contributed by atoms with Crippen LogP contribution in [0.4, 0.5) is 37.7 Å². The molecule has 5 N–H and O–H groups in total. The van der Waals surface area contributed by atoms with E-state index in [-0.39, 0.29) is 65.2 Å². The Kier molecular flexibility index (Phi) is 19.8. The molecular formula is C51H40Cl4F6N4O6S2. The molecule has 73 heavy (non-hydrogen) atoms. The number of anilines is 2. The van der Waals surface area contributed by atoms with Crippen LogP contribution >= 0.6 is 70.8 Å². The maximum atomic E-state index is 13.4. The summed E-state index contributed by atoms with van der Waals surface area (Å²) < 4.78 is 84.9. The second-order valence-electron chi connectivity index (χ2n) is 15.9. The molecule has 0 saturated carbocycles. The summed E-state index contributed by atoms with van der Waals surface area (Å²) in [6.07, 6.45) is -5.53. The Hall–Kier alpha value is -6.28. The molecule has 4 aromatic carbocycles. The highest BCUT2D eigenvalue weighted by Crippen LogP contribution is 2.36. The van der Waals surface area contributed by atoms with E-state index in [0.717, 1.165) is 12.1 Å². The second kappa shape index (κ2) is 25.1. The Bertz CT molecular complexity index is 2990. The van der Waals surface area contributed by atoms with Gasteiger partial charge >= 0.3 is 24.3 Å². The molecule has 2 amide bonds. The molecule has 0 fully saturated rings. The molecule has 0 spiro atoms. The van der Waals surface area contributed by atoms with Crippen molar-refractivity contribution in [2.75, 3.05) is 17.7 Å². The maximum Gasteiger partial charge on any atom is 0.417 e. The number of aliphatic carboxylic acids is 1. The Morgan fingerprint density at radius 2 is 0.973 bits per heavy atom. The molecule has 0 bridgehead atoms. The van der Waals surface area contributed by atoms with E-state index in [1.165, 1.54) is 43.5 Å². The summed E-state index contributed by atoms with van der Waals surface area (Å²) in [6.45, 7) is 7.56. The SMILES string of the molecule is C=C1C=C(Cl)C(C(=O)Nc2ccc(CC(NC(=S)c3ccccc3C(F)(F)F)C(=O)O)cc2)=C(Cl)C1.C=C1C=C(Cl)C(C(=O)Nc2ccc(CC(NC(=S)c3ccccc3C(F)(F)F)C(=O)OC)cc2)=C(Cl)C1. The number of hydrogen-bond acceptors (Lipinski definition) is 7. The second-order valence-corrected chi connectivity index (χ2v) is 18.5. The minimum absolute atomic E-state index is 0.0584. The highest BCUT2D eigenvalue weighted by atomic mass is 35.5. The van der Waals surface area contributed by atoms with Crippen LogP contribution in [0.2, 0.25) is 0 Å². The Balaban J connectivity index is 0.000000271. The average molecular weight is 1120 g/mol. The number of benzene rings is 4. The number of hydrogen-bond donors (Lipinski definition) is 5. The predicted octanol–water partition coefficient (Wildman–Crippen LogP) is 12.4. The van der Waals surface area contributed by atoms with Gasteiger partial charge < -0.3 is 31.1 Å². The lowest BCUT2D eigenvalue weighted by Crippen LogP contribution is -2.43. The zero-order valence-electron chi connectivity index (χ0n) is 37.9. The number of alkyl halides is 6. The number of halogens is 10. The summed E-state index contributed by atoms with van der Waals surface area (Å²) in [5, 5.41) is 21.1. The van der Waals surface area contributed by atoms with Gasteiger partial charge in [0.05, 0.1) is 39.4 Å². The van der Waals surface area contributed by atoms with Crippen molar-refractivity contribution >= 4 is 116 Å². The molecule has 2 atom stereocenters. The zero-order chi connectivity index (χ0) is 53.9. The molecule has 0 aromatic heterocycles. The van der Waals surface area contributed by atoms with Crippen LogP contribution in [0.1, 0.15) is 46.2 Å². The number of nitrogens with one attached hydrogen (secondary N) is 4. The number of thiocarbonyl (C=S) groups is 2. The summed E-state index contributed by atoms with van der Waals surface area (Å²) >= 11 is 34.9. The minimum atomic E-state index is -4.65. The first kappa shape index (κ1) is 57.6. The van der Waals surface area contributed by atoms with E-state index < -0.39 is 59.3 Å². The smallest absolute Gasteiger partial charge is 0.417 e. The number of esters is 1. The third-order valence-electron chi connectivity index (χ3n) is 10.6. The molecule has 0 radical (unpaired) electrons. The van der Waals surface area contributed by atoms with E-state index in [1.54, 1.807) is 60.7 Å². The van der Waals surface area contributed by atoms with Gasteiger partial charge in [0.1, 0.15) is 22.1 Å². The van der Waals surface area contributed by atoms with Crippen LogP contribution in [0.5, 0.6) is 0 Å². The van der Waals surface area contributed by atoms with Gasteiger partial charge in [-0.3, -0.25) is 9.59 Å². The number of carboxylic acids is 1. The predicted molar refractivity (Wildman–Crippen MR) is 278 cm³/mol. The molecule has 2 aliphatic rings. The van der Waals surface area contributed by atoms with Gasteiger partial charge in [-0.05, 0) is 70.8 Å². The highest BCUT2D eigenvalue weighted by Gasteiger charge is 2.36. The fourth-order valence-electron chi connectivity index (χ4n) is 7.07. The molecule has 0 aliphatic heterocycles. The fraction of sp³-hybridized carbons (Fsp3) is 0.176. The third-order valence-corrected chi connectivity index (χ3v) is 12.5. The zero-order valence-corrected chi connectivity index (χ0v) is 42.5. The topological polar surface area (TPSA) is 146 Å². The lowest BCUT2D eigenvalue weighted by atomic mass is 10.0. The quantitative estimate of drug-likeness (QED) is 0.0470. The first-order chi connectivity index (χ1) is 34.3. The lowest BCUT2D eigenvalue weighted by molar-refractivity contribution is -0.142. The van der Waals surface area contributed by atoms with Crippen molar-refractivity contribution in [3.8, 4) is 0 Å². The molecular weight excluding hydrogens is 1080 g/mol. The summed E-state index contributed by atoms with van der Waals surface area (Å²) in [4.78, 5) is 48.9. The number of methoxy groups -OCH3 is 1. The molecule has 0 heterocycles. The molecule has 4 aromatic rings. The molecule has 6 rings (SSSR count). The van der Waals surface area contributed by atoms with Crippen LogP contribution in [-0.4, -0.2) is 58.0 Å². The number of carbonyl (C=O) groups is 4. The van der Waals surface area contributed by atoms with Crippen molar-refractivity contribution in [1.29, 1.82) is 0 Å². The molecule has 2 aliphatic carbocycles. The van der Waals surface area contributed by atoms with Gasteiger partial charge in [-0.2, -0.15) is 26.3 Å². The maximum absolute atomic E-state index is 13.4. The van der Waals surface area contributed by atoms with Crippen LogP contribution < -0.4 is 21.3 Å². The summed E-state index contributed by atoms with van der Waals surface area (Å²) in [7, 11) is 1.17. The Morgan fingerprint density at radius 3 is 1.32 bits per heavy atom. The highest BCUT2D eigenvalue weighted by molar-refractivity contribution is 7.81. The molecule has 2 unspecified atom stereocenters. The van der Waals surface area contributed by atoms with E-state index >= 15 is 0 Å². The van der Waals surface area contributed by atoms with Gasteiger partial charge in [0.25, 0.3) is 11.8 Å². The van der Waals surface area contributed by atoms with E-state index in [4.69, 9.17) is 75.6 Å².